The molecule has 1 aromatic carbocycles. The molecule has 1 fully saturated rings. The van der Waals surface area contributed by atoms with Gasteiger partial charge in [0.05, 0.1) is 11.3 Å². The lowest BCUT2D eigenvalue weighted by atomic mass is 10.1. The van der Waals surface area contributed by atoms with Crippen molar-refractivity contribution < 1.29 is 14.0 Å². The Hall–Kier alpha value is -2.83. The smallest absolute Gasteiger partial charge is 0.257 e. The first-order valence-corrected chi connectivity index (χ1v) is 9.22. The molecule has 1 N–H and O–H groups in total. The quantitative estimate of drug-likeness (QED) is 0.900. The molecule has 0 bridgehead atoms. The predicted octanol–water partition coefficient (Wildman–Crippen LogP) is 2.83. The highest BCUT2D eigenvalue weighted by molar-refractivity contribution is 6.00. The van der Waals surface area contributed by atoms with Gasteiger partial charge in [-0.3, -0.25) is 9.59 Å². The molecule has 140 valence electrons. The number of aromatic nitrogens is 2. The number of carbonyl (C=O) groups excluding carboxylic acids is 2. The molecule has 6 nitrogen and oxygen atoms in total. The molecule has 1 saturated carbocycles. The Labute approximate surface area is 156 Å². The zero-order valence-electron chi connectivity index (χ0n) is 15.2. The molecule has 2 amide bonds. The molecule has 1 aliphatic heterocycles. The number of hydrogen-bond acceptors (Lipinski definition) is 4. The number of nitrogens with zero attached hydrogens (tertiary/aromatic N) is 3. The minimum absolute atomic E-state index is 0.0852. The topological polar surface area (TPSA) is 75.2 Å². The van der Waals surface area contributed by atoms with Crippen molar-refractivity contribution in [2.75, 3.05) is 18.4 Å². The van der Waals surface area contributed by atoms with Crippen LogP contribution in [0.3, 0.4) is 0 Å². The van der Waals surface area contributed by atoms with Gasteiger partial charge in [-0.25, -0.2) is 14.4 Å². The second-order valence-electron chi connectivity index (χ2n) is 7.21. The summed E-state index contributed by atoms with van der Waals surface area (Å²) in [7, 11) is 0. The molecule has 0 atom stereocenters. The predicted molar refractivity (Wildman–Crippen MR) is 98.0 cm³/mol. The van der Waals surface area contributed by atoms with Crippen LogP contribution < -0.4 is 5.32 Å². The van der Waals surface area contributed by atoms with E-state index in [1.54, 1.807) is 25.3 Å². The van der Waals surface area contributed by atoms with Crippen LogP contribution in [0.15, 0.2) is 24.4 Å². The molecule has 0 radical (unpaired) electrons. The minimum atomic E-state index is -0.379. The first-order chi connectivity index (χ1) is 13.0. The summed E-state index contributed by atoms with van der Waals surface area (Å²) in [5.74, 6) is 0.302. The van der Waals surface area contributed by atoms with E-state index in [9.17, 15) is 14.0 Å². The minimum Gasteiger partial charge on any atom is -0.329 e. The maximum Gasteiger partial charge on any atom is 0.257 e. The molecule has 1 aromatic heterocycles. The first-order valence-electron chi connectivity index (χ1n) is 9.22. The number of hydrogen-bond donors (Lipinski definition) is 1. The van der Waals surface area contributed by atoms with E-state index in [1.165, 1.54) is 11.0 Å². The van der Waals surface area contributed by atoms with Crippen molar-refractivity contribution in [3.63, 3.8) is 0 Å². The van der Waals surface area contributed by atoms with Crippen LogP contribution in [0.1, 0.15) is 52.6 Å². The molecular weight excluding hydrogens is 347 g/mol. The summed E-state index contributed by atoms with van der Waals surface area (Å²) < 4.78 is 13.6. The molecular formula is C20H21FN4O2. The number of amides is 2. The van der Waals surface area contributed by atoms with Gasteiger partial charge in [0.15, 0.2) is 0 Å². The van der Waals surface area contributed by atoms with Crippen molar-refractivity contribution >= 4 is 17.5 Å². The average molecular weight is 368 g/mol. The van der Waals surface area contributed by atoms with Crippen LogP contribution >= 0.6 is 0 Å². The zero-order valence-corrected chi connectivity index (χ0v) is 15.2. The van der Waals surface area contributed by atoms with E-state index in [-0.39, 0.29) is 24.2 Å². The van der Waals surface area contributed by atoms with Gasteiger partial charge in [0.1, 0.15) is 18.2 Å². The van der Waals surface area contributed by atoms with Crippen LogP contribution in [0.5, 0.6) is 0 Å². The van der Waals surface area contributed by atoms with Crippen LogP contribution in [-0.4, -0.2) is 39.8 Å². The number of rotatable bonds is 4. The number of nitrogens with one attached hydrogen (secondary N) is 1. The van der Waals surface area contributed by atoms with Crippen molar-refractivity contribution in [3.05, 3.63) is 52.9 Å². The number of fused-ring (bicyclic) bond motifs is 1. The first kappa shape index (κ1) is 17.6. The Balaban J connectivity index is 1.46. The standard InChI is InChI=1S/C20H21FN4O2/c1-12-4-7-14(9-16(12)21)23-18(26)11-25-8-2-3-17-15(20(25)27)10-22-19(24-17)13-5-6-13/h4,7,9-10,13H,2-3,5-6,8,11H2,1H3,(H,23,26). The van der Waals surface area contributed by atoms with Gasteiger partial charge in [-0.15, -0.1) is 0 Å². The Morgan fingerprint density at radius 1 is 1.37 bits per heavy atom. The Kier molecular flexibility index (Phi) is 4.59. The molecule has 0 unspecified atom stereocenters. The summed E-state index contributed by atoms with van der Waals surface area (Å²) in [6.45, 7) is 2.05. The molecule has 0 spiro atoms. The second kappa shape index (κ2) is 7.06. The summed E-state index contributed by atoms with van der Waals surface area (Å²) in [6, 6.07) is 4.52. The van der Waals surface area contributed by atoms with Crippen molar-refractivity contribution in [1.82, 2.24) is 14.9 Å². The average Bonchev–Trinajstić information content (AvgIpc) is 3.48. The SMILES string of the molecule is Cc1ccc(NC(=O)CN2CCCc3nc(C4CC4)ncc3C2=O)cc1F. The van der Waals surface area contributed by atoms with Gasteiger partial charge >= 0.3 is 0 Å². The maximum atomic E-state index is 13.6. The van der Waals surface area contributed by atoms with Crippen LogP contribution in [0.2, 0.25) is 0 Å². The number of benzene rings is 1. The highest BCUT2D eigenvalue weighted by Gasteiger charge is 2.30. The van der Waals surface area contributed by atoms with Gasteiger partial charge < -0.3 is 10.2 Å². The molecule has 2 aromatic rings. The summed E-state index contributed by atoms with van der Waals surface area (Å²) >= 11 is 0. The molecule has 7 heteroatoms. The van der Waals surface area contributed by atoms with E-state index < -0.39 is 0 Å². The zero-order chi connectivity index (χ0) is 19.0. The number of anilines is 1. The molecule has 0 saturated heterocycles. The third-order valence-corrected chi connectivity index (χ3v) is 4.98. The highest BCUT2D eigenvalue weighted by atomic mass is 19.1. The van der Waals surface area contributed by atoms with E-state index in [1.807, 2.05) is 0 Å². The molecule has 4 rings (SSSR count). The van der Waals surface area contributed by atoms with Crippen molar-refractivity contribution in [2.24, 2.45) is 0 Å². The van der Waals surface area contributed by atoms with Gasteiger partial charge in [0.25, 0.3) is 5.91 Å². The van der Waals surface area contributed by atoms with E-state index in [2.05, 4.69) is 15.3 Å². The van der Waals surface area contributed by atoms with Crippen LogP contribution in [0, 0.1) is 12.7 Å². The summed E-state index contributed by atoms with van der Waals surface area (Å²) in [5, 5.41) is 2.65. The molecule has 27 heavy (non-hydrogen) atoms. The molecule has 2 heterocycles. The molecule has 2 aliphatic rings. The fourth-order valence-corrected chi connectivity index (χ4v) is 3.24. The van der Waals surface area contributed by atoms with Gasteiger partial charge in [0, 0.05) is 24.3 Å². The third-order valence-electron chi connectivity index (χ3n) is 4.98. The van der Waals surface area contributed by atoms with Crippen molar-refractivity contribution in [3.8, 4) is 0 Å². The normalized spacial score (nSPS) is 16.7. The summed E-state index contributed by atoms with van der Waals surface area (Å²) in [5.41, 5.74) is 2.15. The highest BCUT2D eigenvalue weighted by Crippen LogP contribution is 2.38. The maximum absolute atomic E-state index is 13.6. The second-order valence-corrected chi connectivity index (χ2v) is 7.21. The van der Waals surface area contributed by atoms with E-state index in [4.69, 9.17) is 0 Å². The number of carbonyl (C=O) groups is 2. The molecule has 1 aliphatic carbocycles. The Morgan fingerprint density at radius 3 is 2.93 bits per heavy atom. The van der Waals surface area contributed by atoms with Crippen LogP contribution in [0.4, 0.5) is 10.1 Å². The summed E-state index contributed by atoms with van der Waals surface area (Å²) in [4.78, 5) is 35.6. The van der Waals surface area contributed by atoms with Crippen LogP contribution in [-0.2, 0) is 11.2 Å². The van der Waals surface area contributed by atoms with E-state index in [0.717, 1.165) is 30.8 Å². The van der Waals surface area contributed by atoms with Crippen molar-refractivity contribution in [2.45, 2.75) is 38.5 Å². The van der Waals surface area contributed by atoms with E-state index in [0.29, 0.717) is 35.7 Å². The lowest BCUT2D eigenvalue weighted by molar-refractivity contribution is -0.116. The van der Waals surface area contributed by atoms with Crippen molar-refractivity contribution in [1.29, 1.82) is 0 Å². The number of halogens is 1. The van der Waals surface area contributed by atoms with E-state index >= 15 is 0 Å². The van der Waals surface area contributed by atoms with Crippen LogP contribution in [0.25, 0.3) is 0 Å². The van der Waals surface area contributed by atoms with Gasteiger partial charge in [0.2, 0.25) is 5.91 Å². The monoisotopic (exact) mass is 368 g/mol. The lowest BCUT2D eigenvalue weighted by Gasteiger charge is -2.20. The largest absolute Gasteiger partial charge is 0.329 e. The summed E-state index contributed by atoms with van der Waals surface area (Å²) in [6.07, 6.45) is 5.26. The van der Waals surface area contributed by atoms with Gasteiger partial charge in [-0.05, 0) is 50.3 Å². The third kappa shape index (κ3) is 3.82. The fourth-order valence-electron chi connectivity index (χ4n) is 3.24. The fraction of sp³-hybridized carbons (Fsp3) is 0.400. The lowest BCUT2D eigenvalue weighted by Crippen LogP contribution is -2.38. The number of aryl methyl sites for hydroxylation is 2. The Bertz CT molecular complexity index is 911. The van der Waals surface area contributed by atoms with Gasteiger partial charge in [-0.1, -0.05) is 6.07 Å². The van der Waals surface area contributed by atoms with Gasteiger partial charge in [-0.2, -0.15) is 0 Å². The Morgan fingerprint density at radius 2 is 2.19 bits per heavy atom.